The number of benzene rings is 3. The lowest BCUT2D eigenvalue weighted by molar-refractivity contribution is -0.110. The number of carbonyl (C=O) groups is 1. The SMILES string of the molecule is CCN(CC)C(C)N(c1ccc(N/C(=C2\C(=O)Nc3ccccc32)c2ccccc2)cc1)S(C)(=O)=O. The van der Waals surface area contributed by atoms with Crippen molar-refractivity contribution in [3.63, 3.8) is 0 Å². The molecule has 0 spiro atoms. The minimum Gasteiger partial charge on any atom is -0.354 e. The third kappa shape index (κ3) is 5.15. The van der Waals surface area contributed by atoms with Gasteiger partial charge in [-0.05, 0) is 55.9 Å². The molecule has 1 heterocycles. The summed E-state index contributed by atoms with van der Waals surface area (Å²) >= 11 is 0. The monoisotopic (exact) mass is 504 g/mol. The molecule has 1 aliphatic heterocycles. The predicted octanol–water partition coefficient (Wildman–Crippen LogP) is 5.07. The minimum atomic E-state index is -3.51. The summed E-state index contributed by atoms with van der Waals surface area (Å²) in [5, 5.41) is 6.37. The van der Waals surface area contributed by atoms with E-state index in [1.165, 1.54) is 10.6 Å². The molecule has 0 bridgehead atoms. The summed E-state index contributed by atoms with van der Waals surface area (Å²) < 4.78 is 26.9. The van der Waals surface area contributed by atoms with E-state index in [0.717, 1.165) is 35.6 Å². The van der Waals surface area contributed by atoms with Crippen LogP contribution in [0.1, 0.15) is 31.9 Å². The number of sulfonamides is 1. The maximum absolute atomic E-state index is 13.0. The minimum absolute atomic E-state index is 0.171. The van der Waals surface area contributed by atoms with E-state index in [0.29, 0.717) is 17.0 Å². The topological polar surface area (TPSA) is 81.8 Å². The van der Waals surface area contributed by atoms with Crippen molar-refractivity contribution in [2.45, 2.75) is 26.9 Å². The average Bonchev–Trinajstić information content (AvgIpc) is 3.19. The standard InChI is InChI=1S/C28H32N4O3S/c1-5-31(6-2)20(3)32(36(4,34)35)23-18-16-22(17-19-23)29-27(21-12-8-7-9-13-21)26-24-14-10-11-15-25(24)30-28(26)33/h7-20,29H,5-6H2,1-4H3,(H,30,33)/b27-26-. The number of rotatable bonds is 9. The van der Waals surface area contributed by atoms with E-state index < -0.39 is 10.0 Å². The van der Waals surface area contributed by atoms with Crippen molar-refractivity contribution in [1.29, 1.82) is 0 Å². The van der Waals surface area contributed by atoms with Crippen molar-refractivity contribution in [2.75, 3.05) is 34.3 Å². The lowest BCUT2D eigenvalue weighted by Gasteiger charge is -2.36. The fraction of sp³-hybridized carbons (Fsp3) is 0.250. The molecule has 0 aliphatic carbocycles. The second-order valence-electron chi connectivity index (χ2n) is 8.70. The lowest BCUT2D eigenvalue weighted by atomic mass is 10.00. The first-order valence-corrected chi connectivity index (χ1v) is 13.9. The summed E-state index contributed by atoms with van der Waals surface area (Å²) in [7, 11) is -3.51. The molecule has 4 rings (SSSR count). The average molecular weight is 505 g/mol. The molecule has 0 fully saturated rings. The zero-order valence-corrected chi connectivity index (χ0v) is 21.8. The molecule has 36 heavy (non-hydrogen) atoms. The molecule has 0 aromatic heterocycles. The first-order chi connectivity index (χ1) is 17.2. The maximum Gasteiger partial charge on any atom is 0.258 e. The van der Waals surface area contributed by atoms with Gasteiger partial charge in [0.15, 0.2) is 0 Å². The molecule has 0 saturated heterocycles. The quantitative estimate of drug-likeness (QED) is 0.314. The van der Waals surface area contributed by atoms with Crippen molar-refractivity contribution in [3.05, 3.63) is 90.0 Å². The number of hydrogen-bond acceptors (Lipinski definition) is 5. The second kappa shape index (κ2) is 10.6. The number of carbonyl (C=O) groups excluding carboxylic acids is 1. The number of nitrogens with one attached hydrogen (secondary N) is 2. The fourth-order valence-electron chi connectivity index (χ4n) is 4.67. The normalized spacial score (nSPS) is 15.3. The molecular weight excluding hydrogens is 472 g/mol. The summed E-state index contributed by atoms with van der Waals surface area (Å²) in [6.45, 7) is 7.41. The Morgan fingerprint density at radius 3 is 2.14 bits per heavy atom. The number of para-hydroxylation sites is 1. The van der Waals surface area contributed by atoms with Gasteiger partial charge < -0.3 is 10.6 Å². The van der Waals surface area contributed by atoms with Gasteiger partial charge in [-0.3, -0.25) is 14.0 Å². The predicted molar refractivity (Wildman–Crippen MR) is 148 cm³/mol. The van der Waals surface area contributed by atoms with Gasteiger partial charge >= 0.3 is 0 Å². The Hall–Kier alpha value is -3.62. The Balaban J connectivity index is 1.73. The van der Waals surface area contributed by atoms with Crippen LogP contribution in [0, 0.1) is 0 Å². The van der Waals surface area contributed by atoms with Crippen LogP contribution < -0.4 is 14.9 Å². The molecule has 2 N–H and O–H groups in total. The highest BCUT2D eigenvalue weighted by molar-refractivity contribution is 7.92. The molecule has 1 atom stereocenters. The van der Waals surface area contributed by atoms with E-state index in [2.05, 4.69) is 15.5 Å². The molecule has 1 aliphatic rings. The van der Waals surface area contributed by atoms with Gasteiger partial charge in [0.05, 0.1) is 29.4 Å². The number of anilines is 3. The molecule has 7 nitrogen and oxygen atoms in total. The zero-order valence-electron chi connectivity index (χ0n) is 21.0. The molecule has 3 aromatic rings. The number of hydrogen-bond donors (Lipinski definition) is 2. The summed E-state index contributed by atoms with van der Waals surface area (Å²) in [5.74, 6) is -0.171. The van der Waals surface area contributed by atoms with E-state index in [-0.39, 0.29) is 12.1 Å². The highest BCUT2D eigenvalue weighted by Crippen LogP contribution is 2.37. The highest BCUT2D eigenvalue weighted by Gasteiger charge is 2.29. The van der Waals surface area contributed by atoms with Gasteiger partial charge in [0.2, 0.25) is 10.0 Å². The Morgan fingerprint density at radius 2 is 1.53 bits per heavy atom. The largest absolute Gasteiger partial charge is 0.354 e. The van der Waals surface area contributed by atoms with Gasteiger partial charge in [-0.2, -0.15) is 0 Å². The van der Waals surface area contributed by atoms with E-state index in [1.807, 2.05) is 87.5 Å². The Kier molecular flexibility index (Phi) is 7.47. The van der Waals surface area contributed by atoms with Crippen molar-refractivity contribution in [3.8, 4) is 0 Å². The van der Waals surface area contributed by atoms with Crippen LogP contribution in [0.2, 0.25) is 0 Å². The maximum atomic E-state index is 13.0. The van der Waals surface area contributed by atoms with Gasteiger partial charge in [-0.25, -0.2) is 8.42 Å². The van der Waals surface area contributed by atoms with Gasteiger partial charge in [-0.15, -0.1) is 0 Å². The molecule has 188 valence electrons. The second-order valence-corrected chi connectivity index (χ2v) is 10.6. The van der Waals surface area contributed by atoms with Crippen molar-refractivity contribution in [1.82, 2.24) is 4.90 Å². The van der Waals surface area contributed by atoms with Crippen molar-refractivity contribution >= 4 is 44.3 Å². The number of nitrogens with zero attached hydrogens (tertiary/aromatic N) is 2. The number of amides is 1. The summed E-state index contributed by atoms with van der Waals surface area (Å²) in [6.07, 6.45) is 0.905. The van der Waals surface area contributed by atoms with Crippen molar-refractivity contribution in [2.24, 2.45) is 0 Å². The highest BCUT2D eigenvalue weighted by atomic mass is 32.2. The zero-order chi connectivity index (χ0) is 25.9. The Bertz CT molecular complexity index is 1370. The summed E-state index contributed by atoms with van der Waals surface area (Å²) in [4.78, 5) is 15.1. The Morgan fingerprint density at radius 1 is 0.917 bits per heavy atom. The molecule has 0 radical (unpaired) electrons. The smallest absolute Gasteiger partial charge is 0.258 e. The van der Waals surface area contributed by atoms with Crippen LogP contribution in [0.5, 0.6) is 0 Å². The first kappa shape index (κ1) is 25.5. The van der Waals surface area contributed by atoms with E-state index >= 15 is 0 Å². The van der Waals surface area contributed by atoms with E-state index in [1.54, 1.807) is 12.1 Å². The van der Waals surface area contributed by atoms with Crippen LogP contribution in [0.25, 0.3) is 11.3 Å². The Labute approximate surface area is 213 Å². The summed E-state index contributed by atoms with van der Waals surface area (Å²) in [6, 6.07) is 24.6. The van der Waals surface area contributed by atoms with Gasteiger partial charge in [0, 0.05) is 16.9 Å². The van der Waals surface area contributed by atoms with Gasteiger partial charge in [0.25, 0.3) is 5.91 Å². The third-order valence-corrected chi connectivity index (χ3v) is 7.64. The van der Waals surface area contributed by atoms with Crippen LogP contribution in [0.3, 0.4) is 0 Å². The molecule has 1 unspecified atom stereocenters. The van der Waals surface area contributed by atoms with Crippen LogP contribution in [-0.4, -0.2) is 44.7 Å². The molecule has 3 aromatic carbocycles. The molecule has 0 saturated carbocycles. The van der Waals surface area contributed by atoms with Crippen LogP contribution in [-0.2, 0) is 14.8 Å². The van der Waals surface area contributed by atoms with Crippen LogP contribution in [0.4, 0.5) is 17.1 Å². The molecular formula is C28H32N4O3S. The number of fused-ring (bicyclic) bond motifs is 1. The van der Waals surface area contributed by atoms with Crippen LogP contribution >= 0.6 is 0 Å². The van der Waals surface area contributed by atoms with Crippen LogP contribution in [0.15, 0.2) is 78.9 Å². The van der Waals surface area contributed by atoms with E-state index in [4.69, 9.17) is 0 Å². The van der Waals surface area contributed by atoms with Gasteiger partial charge in [-0.1, -0.05) is 62.4 Å². The lowest BCUT2D eigenvalue weighted by Crippen LogP contribution is -2.49. The van der Waals surface area contributed by atoms with E-state index in [9.17, 15) is 13.2 Å². The first-order valence-electron chi connectivity index (χ1n) is 12.1. The fourth-order valence-corrected chi connectivity index (χ4v) is 5.86. The van der Waals surface area contributed by atoms with Crippen molar-refractivity contribution < 1.29 is 13.2 Å². The third-order valence-electron chi connectivity index (χ3n) is 6.41. The molecule has 8 heteroatoms. The van der Waals surface area contributed by atoms with Gasteiger partial charge in [0.1, 0.15) is 0 Å². The summed E-state index contributed by atoms with van der Waals surface area (Å²) in [5.41, 5.74) is 5.05. The molecule has 1 amide bonds.